The molecule has 0 aliphatic heterocycles. The molecule has 0 radical (unpaired) electrons. The summed E-state index contributed by atoms with van der Waals surface area (Å²) >= 11 is 0. The summed E-state index contributed by atoms with van der Waals surface area (Å²) in [5, 5.41) is 8.95. The van der Waals surface area contributed by atoms with Crippen molar-refractivity contribution in [1.82, 2.24) is 0 Å². The van der Waals surface area contributed by atoms with Crippen molar-refractivity contribution in [3.8, 4) is 11.8 Å². The molecule has 0 atom stereocenters. The van der Waals surface area contributed by atoms with Gasteiger partial charge in [0.1, 0.15) is 23.2 Å². The van der Waals surface area contributed by atoms with Gasteiger partial charge in [-0.15, -0.1) is 0 Å². The molecule has 0 amide bonds. The number of benzene rings is 1. The third-order valence-corrected chi connectivity index (χ3v) is 2.44. The smallest absolute Gasteiger partial charge is 0.348 e. The lowest BCUT2D eigenvalue weighted by Crippen LogP contribution is -2.05. The summed E-state index contributed by atoms with van der Waals surface area (Å²) in [6, 6.07) is 5.64. The van der Waals surface area contributed by atoms with E-state index in [-0.39, 0.29) is 11.3 Å². The van der Waals surface area contributed by atoms with Crippen LogP contribution >= 0.6 is 0 Å². The predicted octanol–water partition coefficient (Wildman–Crippen LogP) is 2.30. The van der Waals surface area contributed by atoms with Gasteiger partial charge in [0.25, 0.3) is 0 Å². The maximum atomic E-state index is 13.1. The Morgan fingerprint density at radius 1 is 1.39 bits per heavy atom. The molecule has 1 rings (SSSR count). The van der Waals surface area contributed by atoms with Crippen LogP contribution in [0.25, 0.3) is 5.57 Å². The summed E-state index contributed by atoms with van der Waals surface area (Å²) in [5.41, 5.74) is 0.712. The van der Waals surface area contributed by atoms with Gasteiger partial charge in [0.05, 0.1) is 14.2 Å². The monoisotopic (exact) mass is 249 g/mol. The average molecular weight is 249 g/mol. The summed E-state index contributed by atoms with van der Waals surface area (Å²) in [6.45, 7) is 1.57. The Kier molecular flexibility index (Phi) is 4.44. The fraction of sp³-hybridized carbons (Fsp3) is 0.231. The zero-order valence-corrected chi connectivity index (χ0v) is 10.3. The van der Waals surface area contributed by atoms with Crippen LogP contribution in [-0.2, 0) is 9.53 Å². The minimum Gasteiger partial charge on any atom is -0.496 e. The maximum Gasteiger partial charge on any atom is 0.348 e. The zero-order valence-electron chi connectivity index (χ0n) is 10.3. The van der Waals surface area contributed by atoms with Crippen molar-refractivity contribution >= 4 is 11.5 Å². The Labute approximate surface area is 104 Å². The molecule has 0 heterocycles. The minimum absolute atomic E-state index is 0.137. The number of carbonyl (C=O) groups excluding carboxylic acids is 1. The summed E-state index contributed by atoms with van der Waals surface area (Å²) in [5.74, 6) is -0.939. The van der Waals surface area contributed by atoms with Gasteiger partial charge < -0.3 is 9.47 Å². The van der Waals surface area contributed by atoms with Gasteiger partial charge >= 0.3 is 5.97 Å². The number of rotatable bonds is 3. The molecule has 1 aromatic rings. The molecular formula is C13H12FNO3. The van der Waals surface area contributed by atoms with E-state index in [2.05, 4.69) is 4.74 Å². The van der Waals surface area contributed by atoms with Crippen LogP contribution in [0.3, 0.4) is 0 Å². The van der Waals surface area contributed by atoms with E-state index in [1.807, 2.05) is 0 Å². The molecular weight excluding hydrogens is 237 g/mol. The van der Waals surface area contributed by atoms with Gasteiger partial charge in [-0.25, -0.2) is 9.18 Å². The zero-order chi connectivity index (χ0) is 13.7. The third-order valence-electron chi connectivity index (χ3n) is 2.44. The SMILES string of the molecule is COC(=O)/C(C#N)=C(/C)c1ccc(F)cc1OC. The van der Waals surface area contributed by atoms with Crippen LogP contribution in [0.1, 0.15) is 12.5 Å². The number of nitrogens with zero attached hydrogens (tertiary/aromatic N) is 1. The summed E-state index contributed by atoms with van der Waals surface area (Å²) in [6.07, 6.45) is 0. The van der Waals surface area contributed by atoms with Crippen molar-refractivity contribution in [2.45, 2.75) is 6.92 Å². The van der Waals surface area contributed by atoms with Crippen LogP contribution in [0.5, 0.6) is 5.75 Å². The Hall–Kier alpha value is -2.35. The molecule has 5 heteroatoms. The first kappa shape index (κ1) is 13.7. The molecule has 0 aliphatic rings. The summed E-state index contributed by atoms with van der Waals surface area (Å²) in [7, 11) is 2.57. The Morgan fingerprint density at radius 3 is 2.56 bits per heavy atom. The molecule has 1 aromatic carbocycles. The van der Waals surface area contributed by atoms with Gasteiger partial charge in [0.2, 0.25) is 0 Å². The van der Waals surface area contributed by atoms with Gasteiger partial charge in [-0.05, 0) is 24.6 Å². The number of esters is 1. The van der Waals surface area contributed by atoms with E-state index < -0.39 is 11.8 Å². The largest absolute Gasteiger partial charge is 0.496 e. The predicted molar refractivity (Wildman–Crippen MR) is 63.2 cm³/mol. The van der Waals surface area contributed by atoms with Crippen molar-refractivity contribution in [2.75, 3.05) is 14.2 Å². The second kappa shape index (κ2) is 5.82. The molecule has 0 bridgehead atoms. The number of allylic oxidation sites excluding steroid dienone is 1. The van der Waals surface area contributed by atoms with Crippen LogP contribution in [0.4, 0.5) is 4.39 Å². The van der Waals surface area contributed by atoms with E-state index in [0.29, 0.717) is 11.1 Å². The molecule has 0 aliphatic carbocycles. The van der Waals surface area contributed by atoms with Crippen molar-refractivity contribution in [3.05, 3.63) is 35.2 Å². The van der Waals surface area contributed by atoms with Crippen LogP contribution in [-0.4, -0.2) is 20.2 Å². The van der Waals surface area contributed by atoms with E-state index in [1.54, 1.807) is 13.0 Å². The average Bonchev–Trinajstić information content (AvgIpc) is 2.38. The normalized spacial score (nSPS) is 11.3. The molecule has 0 fully saturated rings. The van der Waals surface area contributed by atoms with E-state index in [0.717, 1.165) is 0 Å². The second-order valence-corrected chi connectivity index (χ2v) is 3.45. The van der Waals surface area contributed by atoms with Gasteiger partial charge in [0.15, 0.2) is 0 Å². The Balaban J connectivity index is 3.41. The number of hydrogen-bond donors (Lipinski definition) is 0. The van der Waals surface area contributed by atoms with Gasteiger partial charge in [-0.3, -0.25) is 0 Å². The first-order valence-electron chi connectivity index (χ1n) is 5.08. The van der Waals surface area contributed by atoms with E-state index in [1.165, 1.54) is 32.4 Å². The molecule has 4 nitrogen and oxygen atoms in total. The number of halogens is 1. The first-order chi connectivity index (χ1) is 8.54. The molecule has 0 saturated carbocycles. The number of nitriles is 1. The molecule has 0 unspecified atom stereocenters. The van der Waals surface area contributed by atoms with Crippen molar-refractivity contribution < 1.29 is 18.7 Å². The lowest BCUT2D eigenvalue weighted by molar-refractivity contribution is -0.135. The highest BCUT2D eigenvalue weighted by molar-refractivity contribution is 6.01. The van der Waals surface area contributed by atoms with E-state index in [9.17, 15) is 9.18 Å². The highest BCUT2D eigenvalue weighted by Gasteiger charge is 2.17. The highest BCUT2D eigenvalue weighted by Crippen LogP contribution is 2.28. The molecule has 94 valence electrons. The molecule has 0 spiro atoms. The lowest BCUT2D eigenvalue weighted by Gasteiger charge is -2.10. The minimum atomic E-state index is -0.735. The topological polar surface area (TPSA) is 59.3 Å². The van der Waals surface area contributed by atoms with Crippen LogP contribution < -0.4 is 4.74 Å². The van der Waals surface area contributed by atoms with E-state index >= 15 is 0 Å². The van der Waals surface area contributed by atoms with Gasteiger partial charge in [0, 0.05) is 11.6 Å². The lowest BCUT2D eigenvalue weighted by atomic mass is 10.0. The molecule has 0 N–H and O–H groups in total. The van der Waals surface area contributed by atoms with Crippen LogP contribution in [0.15, 0.2) is 23.8 Å². The number of carbonyl (C=O) groups is 1. The van der Waals surface area contributed by atoms with Crippen molar-refractivity contribution in [1.29, 1.82) is 5.26 Å². The third kappa shape index (κ3) is 2.66. The van der Waals surface area contributed by atoms with Crippen LogP contribution in [0, 0.1) is 17.1 Å². The van der Waals surface area contributed by atoms with Gasteiger partial charge in [-0.1, -0.05) is 0 Å². The fourth-order valence-electron chi connectivity index (χ4n) is 1.49. The maximum absolute atomic E-state index is 13.1. The van der Waals surface area contributed by atoms with Crippen molar-refractivity contribution in [3.63, 3.8) is 0 Å². The highest BCUT2D eigenvalue weighted by atomic mass is 19.1. The Morgan fingerprint density at radius 2 is 2.06 bits per heavy atom. The summed E-state index contributed by atoms with van der Waals surface area (Å²) in [4.78, 5) is 11.4. The Bertz CT molecular complexity index is 544. The number of methoxy groups -OCH3 is 2. The molecule has 0 aromatic heterocycles. The number of ether oxygens (including phenoxy) is 2. The fourth-order valence-corrected chi connectivity index (χ4v) is 1.49. The van der Waals surface area contributed by atoms with Crippen molar-refractivity contribution in [2.24, 2.45) is 0 Å². The first-order valence-corrected chi connectivity index (χ1v) is 5.08. The standard InChI is InChI=1S/C13H12FNO3/c1-8(11(7-15)13(16)18-3)10-5-4-9(14)6-12(10)17-2/h4-6H,1-3H3/b11-8-. The molecule has 18 heavy (non-hydrogen) atoms. The number of hydrogen-bond acceptors (Lipinski definition) is 4. The van der Waals surface area contributed by atoms with Gasteiger partial charge in [-0.2, -0.15) is 5.26 Å². The summed E-state index contributed by atoms with van der Waals surface area (Å²) < 4.78 is 22.6. The quantitative estimate of drug-likeness (QED) is 0.468. The molecule has 0 saturated heterocycles. The van der Waals surface area contributed by atoms with Crippen LogP contribution in [0.2, 0.25) is 0 Å². The van der Waals surface area contributed by atoms with E-state index in [4.69, 9.17) is 10.00 Å². The second-order valence-electron chi connectivity index (χ2n) is 3.45.